The first-order valence-electron chi connectivity index (χ1n) is 7.49. The van der Waals surface area contributed by atoms with Crippen molar-refractivity contribution in [3.8, 4) is 0 Å². The number of hydrogen-bond acceptors (Lipinski definition) is 5. The number of ether oxygens (including phenoxy) is 1. The summed E-state index contributed by atoms with van der Waals surface area (Å²) in [7, 11) is 0. The van der Waals surface area contributed by atoms with E-state index in [2.05, 4.69) is 4.98 Å². The van der Waals surface area contributed by atoms with Gasteiger partial charge in [0.15, 0.2) is 5.16 Å². The molecule has 5 nitrogen and oxygen atoms in total. The van der Waals surface area contributed by atoms with Crippen LogP contribution in [0.25, 0.3) is 10.9 Å². The van der Waals surface area contributed by atoms with Crippen LogP contribution in [0.1, 0.15) is 20.3 Å². The molecule has 0 N–H and O–H groups in total. The molecule has 1 aromatic carbocycles. The van der Waals surface area contributed by atoms with Gasteiger partial charge in [0, 0.05) is 18.0 Å². The molecule has 0 saturated carbocycles. The zero-order valence-electron chi connectivity index (χ0n) is 12.9. The lowest BCUT2D eigenvalue weighted by Gasteiger charge is -2.16. The molecule has 0 amide bonds. The summed E-state index contributed by atoms with van der Waals surface area (Å²) in [5.74, 6) is 0.0394. The van der Waals surface area contributed by atoms with Crippen LogP contribution in [0.5, 0.6) is 0 Å². The maximum Gasteiger partial charge on any atom is 0.319 e. The lowest BCUT2D eigenvalue weighted by Crippen LogP contribution is -2.26. The highest BCUT2D eigenvalue weighted by molar-refractivity contribution is 8.00. The highest BCUT2D eigenvalue weighted by Gasteiger charge is 2.29. The second kappa shape index (κ2) is 6.53. The molecule has 122 valence electrons. The second-order valence-corrected chi connectivity index (χ2v) is 7.53. The molecule has 2 aromatic rings. The van der Waals surface area contributed by atoms with E-state index in [0.717, 1.165) is 0 Å². The normalized spacial score (nSPS) is 17.9. The molecule has 7 heteroatoms. The Bertz CT molecular complexity index is 819. The number of fused-ring (bicyclic) bond motifs is 1. The minimum Gasteiger partial charge on any atom is -0.465 e. The molecule has 1 fully saturated rings. The molecule has 1 aliphatic heterocycles. The van der Waals surface area contributed by atoms with Crippen LogP contribution in [0.4, 0.5) is 0 Å². The maximum atomic E-state index is 12.8. The topological polar surface area (TPSA) is 61.2 Å². The number of aromatic nitrogens is 2. The third-order valence-electron chi connectivity index (χ3n) is 3.56. The number of esters is 1. The van der Waals surface area contributed by atoms with Crippen LogP contribution in [-0.2, 0) is 16.1 Å². The van der Waals surface area contributed by atoms with Gasteiger partial charge in [0.25, 0.3) is 5.56 Å². The smallest absolute Gasteiger partial charge is 0.319 e. The minimum absolute atomic E-state index is 0.125. The summed E-state index contributed by atoms with van der Waals surface area (Å²) in [6, 6.07) is 5.08. The first-order valence-corrected chi connectivity index (χ1v) is 8.75. The molecule has 0 aliphatic carbocycles. The van der Waals surface area contributed by atoms with Crippen molar-refractivity contribution in [2.75, 3.05) is 6.61 Å². The molecule has 0 bridgehead atoms. The van der Waals surface area contributed by atoms with E-state index in [0.29, 0.717) is 40.7 Å². The predicted octanol–water partition coefficient (Wildman–Crippen LogP) is 3.11. The molecule has 1 aliphatic rings. The van der Waals surface area contributed by atoms with Gasteiger partial charge in [-0.15, -0.1) is 0 Å². The quantitative estimate of drug-likeness (QED) is 0.625. The van der Waals surface area contributed by atoms with Crippen molar-refractivity contribution in [3.05, 3.63) is 33.6 Å². The van der Waals surface area contributed by atoms with E-state index in [9.17, 15) is 9.59 Å². The van der Waals surface area contributed by atoms with Gasteiger partial charge in [0.05, 0.1) is 17.5 Å². The molecule has 0 spiro atoms. The predicted molar refractivity (Wildman–Crippen MR) is 91.1 cm³/mol. The minimum atomic E-state index is -0.301. The van der Waals surface area contributed by atoms with Gasteiger partial charge in [0.1, 0.15) is 5.25 Å². The molecular formula is C16H17ClN2O3S. The van der Waals surface area contributed by atoms with Gasteiger partial charge in [-0.05, 0) is 24.1 Å². The number of benzene rings is 1. The van der Waals surface area contributed by atoms with Crippen molar-refractivity contribution < 1.29 is 9.53 Å². The first kappa shape index (κ1) is 16.3. The SMILES string of the molecule is CC(C)Cn1c(S[C@@H]2CCOC2=O)nc2ccc(Cl)cc2c1=O. The summed E-state index contributed by atoms with van der Waals surface area (Å²) < 4.78 is 6.64. The number of cyclic esters (lactones) is 1. The molecule has 3 rings (SSSR count). The molecular weight excluding hydrogens is 336 g/mol. The van der Waals surface area contributed by atoms with Crippen molar-refractivity contribution >= 4 is 40.2 Å². The summed E-state index contributed by atoms with van der Waals surface area (Å²) in [6.07, 6.45) is 0.639. The fraction of sp³-hybridized carbons (Fsp3) is 0.438. The zero-order valence-corrected chi connectivity index (χ0v) is 14.5. The Kier molecular flexibility index (Phi) is 4.64. The summed E-state index contributed by atoms with van der Waals surface area (Å²) in [6.45, 7) is 5.03. The zero-order chi connectivity index (χ0) is 16.6. The maximum absolute atomic E-state index is 12.8. The lowest BCUT2D eigenvalue weighted by molar-refractivity contribution is -0.137. The van der Waals surface area contributed by atoms with Gasteiger partial charge in [-0.25, -0.2) is 4.98 Å². The van der Waals surface area contributed by atoms with E-state index >= 15 is 0 Å². The van der Waals surface area contributed by atoms with Crippen LogP contribution in [0.15, 0.2) is 28.2 Å². The Morgan fingerprint density at radius 3 is 2.87 bits per heavy atom. The Labute approximate surface area is 143 Å². The third-order valence-corrected chi connectivity index (χ3v) is 5.03. The van der Waals surface area contributed by atoms with Gasteiger partial charge in [-0.3, -0.25) is 14.2 Å². The van der Waals surface area contributed by atoms with Crippen LogP contribution < -0.4 is 5.56 Å². The highest BCUT2D eigenvalue weighted by atomic mass is 35.5. The van der Waals surface area contributed by atoms with E-state index < -0.39 is 0 Å². The number of carbonyl (C=O) groups excluding carboxylic acids is 1. The summed E-state index contributed by atoms with van der Waals surface area (Å²) >= 11 is 7.31. The molecule has 23 heavy (non-hydrogen) atoms. The van der Waals surface area contributed by atoms with E-state index in [1.165, 1.54) is 11.8 Å². The van der Waals surface area contributed by atoms with Crippen LogP contribution in [0, 0.1) is 5.92 Å². The molecule has 1 aromatic heterocycles. The summed E-state index contributed by atoms with van der Waals surface area (Å²) in [5, 5.41) is 1.26. The van der Waals surface area contributed by atoms with Crippen molar-refractivity contribution in [3.63, 3.8) is 0 Å². The standard InChI is InChI=1S/C16H17ClN2O3S/c1-9(2)8-19-14(20)11-7-10(17)3-4-12(11)18-16(19)23-13-5-6-22-15(13)21/h3-4,7,9,13H,5-6,8H2,1-2H3/t13-/m1/s1. The largest absolute Gasteiger partial charge is 0.465 e. The average molecular weight is 353 g/mol. The van der Waals surface area contributed by atoms with Crippen molar-refractivity contribution in [2.45, 2.75) is 37.2 Å². The van der Waals surface area contributed by atoms with Gasteiger partial charge >= 0.3 is 5.97 Å². The van der Waals surface area contributed by atoms with Crippen molar-refractivity contribution in [1.82, 2.24) is 9.55 Å². The number of halogens is 1. The Morgan fingerprint density at radius 2 is 2.22 bits per heavy atom. The van der Waals surface area contributed by atoms with E-state index in [1.807, 2.05) is 13.8 Å². The van der Waals surface area contributed by atoms with Gasteiger partial charge < -0.3 is 4.74 Å². The Morgan fingerprint density at radius 1 is 1.43 bits per heavy atom. The Balaban J connectivity index is 2.12. The first-order chi connectivity index (χ1) is 11.0. The van der Waals surface area contributed by atoms with Gasteiger partial charge in [-0.1, -0.05) is 37.2 Å². The monoisotopic (exact) mass is 352 g/mol. The van der Waals surface area contributed by atoms with Crippen LogP contribution >= 0.6 is 23.4 Å². The third kappa shape index (κ3) is 3.38. The fourth-order valence-electron chi connectivity index (χ4n) is 2.50. The number of hydrogen-bond donors (Lipinski definition) is 0. The summed E-state index contributed by atoms with van der Waals surface area (Å²) in [5.41, 5.74) is 0.466. The number of carbonyl (C=O) groups is 1. The van der Waals surface area contributed by atoms with Crippen molar-refractivity contribution in [2.24, 2.45) is 5.92 Å². The summed E-state index contributed by atoms with van der Waals surface area (Å²) in [4.78, 5) is 29.1. The van der Waals surface area contributed by atoms with Crippen LogP contribution in [-0.4, -0.2) is 27.4 Å². The van der Waals surface area contributed by atoms with E-state index in [-0.39, 0.29) is 22.7 Å². The van der Waals surface area contributed by atoms with E-state index in [4.69, 9.17) is 16.3 Å². The Hall–Kier alpha value is -1.53. The lowest BCUT2D eigenvalue weighted by atomic mass is 10.2. The van der Waals surface area contributed by atoms with Gasteiger partial charge in [0.2, 0.25) is 0 Å². The molecule has 2 heterocycles. The van der Waals surface area contributed by atoms with Crippen LogP contribution in [0.2, 0.25) is 5.02 Å². The van der Waals surface area contributed by atoms with Crippen LogP contribution in [0.3, 0.4) is 0 Å². The number of rotatable bonds is 4. The fourth-order valence-corrected chi connectivity index (χ4v) is 3.74. The number of thioether (sulfide) groups is 1. The average Bonchev–Trinajstić information content (AvgIpc) is 2.89. The number of nitrogens with zero attached hydrogens (tertiary/aromatic N) is 2. The molecule has 0 unspecified atom stereocenters. The highest BCUT2D eigenvalue weighted by Crippen LogP contribution is 2.29. The molecule has 1 saturated heterocycles. The molecule has 1 atom stereocenters. The van der Waals surface area contributed by atoms with Crippen molar-refractivity contribution in [1.29, 1.82) is 0 Å². The second-order valence-electron chi connectivity index (χ2n) is 5.93. The van der Waals surface area contributed by atoms with E-state index in [1.54, 1.807) is 22.8 Å². The molecule has 0 radical (unpaired) electrons. The van der Waals surface area contributed by atoms with Gasteiger partial charge in [-0.2, -0.15) is 0 Å².